The Morgan fingerprint density at radius 2 is 2.25 bits per heavy atom. The van der Waals surface area contributed by atoms with E-state index in [1.807, 2.05) is 0 Å². The fourth-order valence-corrected chi connectivity index (χ4v) is 3.64. The van der Waals surface area contributed by atoms with Gasteiger partial charge in [0, 0.05) is 31.8 Å². The summed E-state index contributed by atoms with van der Waals surface area (Å²) in [6.07, 6.45) is 4.07. The summed E-state index contributed by atoms with van der Waals surface area (Å²) in [6, 6.07) is 1.49. The van der Waals surface area contributed by atoms with E-state index < -0.39 is 0 Å². The smallest absolute Gasteiger partial charge is 0.0509 e. The lowest BCUT2D eigenvalue weighted by molar-refractivity contribution is 0.141. The Bertz CT molecular complexity index is 226. The largest absolute Gasteiger partial charge is 0.381 e. The van der Waals surface area contributed by atoms with Crippen LogP contribution < -0.4 is 5.32 Å². The quantitative estimate of drug-likeness (QED) is 0.760. The molecule has 4 atom stereocenters. The monoisotopic (exact) mass is 224 g/mol. The van der Waals surface area contributed by atoms with Crippen molar-refractivity contribution in [3.63, 3.8) is 0 Å². The zero-order valence-corrected chi connectivity index (χ0v) is 10.3. The Morgan fingerprint density at radius 3 is 3.00 bits per heavy atom. The summed E-state index contributed by atoms with van der Waals surface area (Å²) in [5.41, 5.74) is 0. The fourth-order valence-electron chi connectivity index (χ4n) is 3.64. The van der Waals surface area contributed by atoms with E-state index in [1.165, 1.54) is 38.9 Å². The zero-order valence-electron chi connectivity index (χ0n) is 10.3. The van der Waals surface area contributed by atoms with E-state index >= 15 is 0 Å². The second-order valence-corrected chi connectivity index (χ2v) is 5.78. The molecule has 3 aliphatic rings. The van der Waals surface area contributed by atoms with E-state index in [0.717, 1.165) is 37.1 Å². The van der Waals surface area contributed by atoms with E-state index in [9.17, 15) is 0 Å². The van der Waals surface area contributed by atoms with Gasteiger partial charge in [-0.25, -0.2) is 0 Å². The van der Waals surface area contributed by atoms with Gasteiger partial charge in [0.25, 0.3) is 0 Å². The third-order valence-electron chi connectivity index (χ3n) is 4.85. The summed E-state index contributed by atoms with van der Waals surface area (Å²) >= 11 is 0. The average Bonchev–Trinajstić information content (AvgIpc) is 2.97. The van der Waals surface area contributed by atoms with Crippen molar-refractivity contribution >= 4 is 0 Å². The SMILES string of the molecule is CC(C1CCOC1)N1CC2CCCNC2C1. The minimum atomic E-state index is 0.717. The molecule has 0 aromatic carbocycles. The van der Waals surface area contributed by atoms with Gasteiger partial charge >= 0.3 is 0 Å². The molecule has 3 heteroatoms. The first-order valence-corrected chi connectivity index (χ1v) is 6.90. The van der Waals surface area contributed by atoms with Gasteiger partial charge in [-0.2, -0.15) is 0 Å². The number of nitrogens with zero attached hydrogens (tertiary/aromatic N) is 1. The van der Waals surface area contributed by atoms with E-state index in [2.05, 4.69) is 17.1 Å². The Kier molecular flexibility index (Phi) is 3.18. The minimum absolute atomic E-state index is 0.717. The van der Waals surface area contributed by atoms with Crippen molar-refractivity contribution in [1.29, 1.82) is 0 Å². The van der Waals surface area contributed by atoms with Crippen LogP contribution in [0.3, 0.4) is 0 Å². The highest BCUT2D eigenvalue weighted by atomic mass is 16.5. The van der Waals surface area contributed by atoms with Gasteiger partial charge in [0.2, 0.25) is 0 Å². The van der Waals surface area contributed by atoms with Crippen molar-refractivity contribution in [2.24, 2.45) is 11.8 Å². The van der Waals surface area contributed by atoms with Gasteiger partial charge < -0.3 is 10.1 Å². The van der Waals surface area contributed by atoms with Gasteiger partial charge in [-0.3, -0.25) is 4.90 Å². The summed E-state index contributed by atoms with van der Waals surface area (Å²) < 4.78 is 5.51. The molecular weight excluding hydrogens is 200 g/mol. The summed E-state index contributed by atoms with van der Waals surface area (Å²) in [6.45, 7) is 8.18. The molecule has 0 radical (unpaired) electrons. The molecule has 3 fully saturated rings. The molecule has 3 aliphatic heterocycles. The molecule has 0 aromatic rings. The number of likely N-dealkylation sites (tertiary alicyclic amines) is 1. The molecule has 3 rings (SSSR count). The maximum absolute atomic E-state index is 5.51. The molecule has 1 N–H and O–H groups in total. The third-order valence-corrected chi connectivity index (χ3v) is 4.85. The topological polar surface area (TPSA) is 24.5 Å². The Hall–Kier alpha value is -0.120. The molecule has 4 unspecified atom stereocenters. The number of hydrogen-bond donors (Lipinski definition) is 1. The summed E-state index contributed by atoms with van der Waals surface area (Å²) in [7, 11) is 0. The number of hydrogen-bond acceptors (Lipinski definition) is 3. The highest BCUT2D eigenvalue weighted by Gasteiger charge is 2.38. The van der Waals surface area contributed by atoms with Crippen molar-refractivity contribution in [1.82, 2.24) is 10.2 Å². The second kappa shape index (κ2) is 4.63. The number of piperidine rings is 1. The van der Waals surface area contributed by atoms with Gasteiger partial charge in [0.15, 0.2) is 0 Å². The van der Waals surface area contributed by atoms with Crippen LogP contribution in [-0.4, -0.2) is 49.8 Å². The lowest BCUT2D eigenvalue weighted by Gasteiger charge is -2.28. The van der Waals surface area contributed by atoms with Gasteiger partial charge in [0.1, 0.15) is 0 Å². The molecule has 0 aromatic heterocycles. The fraction of sp³-hybridized carbons (Fsp3) is 1.00. The van der Waals surface area contributed by atoms with Crippen LogP contribution in [0.15, 0.2) is 0 Å². The predicted molar refractivity (Wildman–Crippen MR) is 64.5 cm³/mol. The van der Waals surface area contributed by atoms with Crippen LogP contribution in [0.5, 0.6) is 0 Å². The first-order valence-electron chi connectivity index (χ1n) is 6.90. The zero-order chi connectivity index (χ0) is 11.0. The molecule has 3 heterocycles. The lowest BCUT2D eigenvalue weighted by atomic mass is 9.94. The van der Waals surface area contributed by atoms with E-state index in [0.29, 0.717) is 0 Å². The molecule has 0 aliphatic carbocycles. The van der Waals surface area contributed by atoms with Crippen molar-refractivity contribution in [2.45, 2.75) is 38.3 Å². The highest BCUT2D eigenvalue weighted by molar-refractivity contribution is 4.94. The summed E-state index contributed by atoms with van der Waals surface area (Å²) in [4.78, 5) is 2.70. The minimum Gasteiger partial charge on any atom is -0.381 e. The predicted octanol–water partition coefficient (Wildman–Crippen LogP) is 1.10. The Labute approximate surface area is 98.5 Å². The molecule has 0 spiro atoms. The van der Waals surface area contributed by atoms with Crippen molar-refractivity contribution < 1.29 is 4.74 Å². The maximum Gasteiger partial charge on any atom is 0.0509 e. The molecule has 92 valence electrons. The Morgan fingerprint density at radius 1 is 1.31 bits per heavy atom. The van der Waals surface area contributed by atoms with E-state index in [-0.39, 0.29) is 0 Å². The van der Waals surface area contributed by atoms with Gasteiger partial charge in [-0.1, -0.05) is 0 Å². The van der Waals surface area contributed by atoms with Crippen LogP contribution in [0, 0.1) is 11.8 Å². The molecule has 3 nitrogen and oxygen atoms in total. The van der Waals surface area contributed by atoms with E-state index in [4.69, 9.17) is 4.74 Å². The van der Waals surface area contributed by atoms with Crippen LogP contribution in [0.1, 0.15) is 26.2 Å². The summed E-state index contributed by atoms with van der Waals surface area (Å²) in [5.74, 6) is 1.69. The molecule has 0 amide bonds. The Balaban J connectivity index is 1.59. The number of ether oxygens (including phenoxy) is 1. The average molecular weight is 224 g/mol. The van der Waals surface area contributed by atoms with Crippen molar-refractivity contribution in [2.75, 3.05) is 32.8 Å². The molecule has 16 heavy (non-hydrogen) atoms. The lowest BCUT2D eigenvalue weighted by Crippen LogP contribution is -2.42. The van der Waals surface area contributed by atoms with Crippen LogP contribution in [-0.2, 0) is 4.74 Å². The van der Waals surface area contributed by atoms with Crippen molar-refractivity contribution in [3.8, 4) is 0 Å². The number of fused-ring (bicyclic) bond motifs is 1. The molecular formula is C13H24N2O. The van der Waals surface area contributed by atoms with Gasteiger partial charge in [-0.05, 0) is 44.6 Å². The van der Waals surface area contributed by atoms with Crippen molar-refractivity contribution in [3.05, 3.63) is 0 Å². The van der Waals surface area contributed by atoms with Crippen LogP contribution in [0.2, 0.25) is 0 Å². The summed E-state index contributed by atoms with van der Waals surface area (Å²) in [5, 5.41) is 3.68. The van der Waals surface area contributed by atoms with Crippen LogP contribution in [0.4, 0.5) is 0 Å². The highest BCUT2D eigenvalue weighted by Crippen LogP contribution is 2.30. The first-order chi connectivity index (χ1) is 7.84. The first kappa shape index (κ1) is 11.0. The third kappa shape index (κ3) is 2.01. The molecule has 0 saturated carbocycles. The van der Waals surface area contributed by atoms with E-state index in [1.54, 1.807) is 0 Å². The van der Waals surface area contributed by atoms with Gasteiger partial charge in [0.05, 0.1) is 6.61 Å². The normalized spacial score (nSPS) is 42.2. The van der Waals surface area contributed by atoms with Gasteiger partial charge in [-0.15, -0.1) is 0 Å². The molecule has 3 saturated heterocycles. The van der Waals surface area contributed by atoms with Crippen LogP contribution >= 0.6 is 0 Å². The maximum atomic E-state index is 5.51. The van der Waals surface area contributed by atoms with Crippen LogP contribution in [0.25, 0.3) is 0 Å². The number of rotatable bonds is 2. The molecule has 0 bridgehead atoms. The second-order valence-electron chi connectivity index (χ2n) is 5.78. The number of nitrogens with one attached hydrogen (secondary N) is 1. The standard InChI is InChI=1S/C13H24N2O/c1-10(12-4-6-16-9-12)15-7-11-3-2-5-14-13(11)8-15/h10-14H,2-9H2,1H3.